The summed E-state index contributed by atoms with van der Waals surface area (Å²) < 4.78 is 1.94. The second-order valence-corrected chi connectivity index (χ2v) is 7.95. The van der Waals surface area contributed by atoms with Crippen LogP contribution in [0, 0.1) is 0 Å². The van der Waals surface area contributed by atoms with Gasteiger partial charge < -0.3 is 5.32 Å². The number of aromatic nitrogens is 3. The second kappa shape index (κ2) is 8.45. The summed E-state index contributed by atoms with van der Waals surface area (Å²) >= 11 is 1.54. The summed E-state index contributed by atoms with van der Waals surface area (Å²) in [5.41, 5.74) is 1.25. The number of thiazole rings is 1. The van der Waals surface area contributed by atoms with Crippen LogP contribution in [0.5, 0.6) is 0 Å². The van der Waals surface area contributed by atoms with Crippen LogP contribution in [0.4, 0.5) is 5.13 Å². The van der Waals surface area contributed by atoms with Crippen molar-refractivity contribution < 1.29 is 4.79 Å². The van der Waals surface area contributed by atoms with E-state index in [1.54, 1.807) is 17.5 Å². The van der Waals surface area contributed by atoms with E-state index in [2.05, 4.69) is 32.4 Å². The van der Waals surface area contributed by atoms with Gasteiger partial charge in [-0.1, -0.05) is 30.3 Å². The monoisotopic (exact) mass is 381 g/mol. The van der Waals surface area contributed by atoms with E-state index in [0.29, 0.717) is 17.7 Å². The first kappa shape index (κ1) is 17.9. The molecule has 1 aliphatic rings. The Morgan fingerprint density at radius 3 is 2.96 bits per heavy atom. The van der Waals surface area contributed by atoms with Crippen molar-refractivity contribution in [3.8, 4) is 0 Å². The molecule has 0 spiro atoms. The number of hydrogen-bond acceptors (Lipinski definition) is 5. The smallest absolute Gasteiger partial charge is 0.240 e. The highest BCUT2D eigenvalue weighted by molar-refractivity contribution is 7.15. The first-order valence-electron chi connectivity index (χ1n) is 9.26. The summed E-state index contributed by atoms with van der Waals surface area (Å²) in [7, 11) is 0. The molecule has 1 amide bonds. The second-order valence-electron chi connectivity index (χ2n) is 6.84. The first-order chi connectivity index (χ1) is 13.3. The molecule has 1 fully saturated rings. The van der Waals surface area contributed by atoms with Gasteiger partial charge in [0.25, 0.3) is 0 Å². The number of nitrogens with zero attached hydrogens (tertiary/aromatic N) is 4. The molecular formula is C20H23N5OS. The van der Waals surface area contributed by atoms with Crippen LogP contribution in [-0.2, 0) is 17.8 Å². The molecule has 1 atom stereocenters. The molecule has 140 valence electrons. The zero-order chi connectivity index (χ0) is 18.5. The van der Waals surface area contributed by atoms with E-state index in [9.17, 15) is 4.79 Å². The summed E-state index contributed by atoms with van der Waals surface area (Å²) in [4.78, 5) is 20.2. The lowest BCUT2D eigenvalue weighted by Gasteiger charge is -2.23. The van der Waals surface area contributed by atoms with Crippen LogP contribution in [0.2, 0.25) is 0 Å². The lowest BCUT2D eigenvalue weighted by Crippen LogP contribution is -2.39. The van der Waals surface area contributed by atoms with Crippen molar-refractivity contribution in [1.82, 2.24) is 19.7 Å². The van der Waals surface area contributed by atoms with Crippen LogP contribution in [0.25, 0.3) is 0 Å². The fraction of sp³-hybridized carbons (Fsp3) is 0.350. The van der Waals surface area contributed by atoms with Crippen molar-refractivity contribution >= 4 is 22.4 Å². The maximum Gasteiger partial charge on any atom is 0.240 e. The van der Waals surface area contributed by atoms with E-state index >= 15 is 0 Å². The van der Waals surface area contributed by atoms with Crippen LogP contribution < -0.4 is 5.32 Å². The third kappa shape index (κ3) is 4.81. The molecule has 0 saturated carbocycles. The number of benzene rings is 1. The molecule has 1 aromatic carbocycles. The maximum atomic E-state index is 12.5. The molecule has 0 bridgehead atoms. The summed E-state index contributed by atoms with van der Waals surface area (Å²) in [5.74, 6) is 0.00276. The Bertz CT molecular complexity index is 862. The molecule has 7 heteroatoms. The number of nitrogens with one attached hydrogen (secondary N) is 1. The maximum absolute atomic E-state index is 12.5. The summed E-state index contributed by atoms with van der Waals surface area (Å²) in [6.07, 6.45) is 8.68. The number of carbonyl (C=O) groups excluding carboxylic acids is 1. The van der Waals surface area contributed by atoms with Crippen molar-refractivity contribution in [2.24, 2.45) is 0 Å². The van der Waals surface area contributed by atoms with Crippen molar-refractivity contribution in [2.45, 2.75) is 31.8 Å². The van der Waals surface area contributed by atoms with Gasteiger partial charge in [-0.05, 0) is 31.0 Å². The Hall–Kier alpha value is -2.51. The van der Waals surface area contributed by atoms with Crippen LogP contribution in [0.1, 0.15) is 23.3 Å². The Balaban J connectivity index is 1.30. The lowest BCUT2D eigenvalue weighted by molar-refractivity contribution is -0.117. The fourth-order valence-electron chi connectivity index (χ4n) is 3.52. The zero-order valence-corrected chi connectivity index (χ0v) is 15.9. The molecule has 6 nitrogen and oxygen atoms in total. The Kier molecular flexibility index (Phi) is 5.60. The molecule has 1 saturated heterocycles. The molecule has 2 aromatic heterocycles. The van der Waals surface area contributed by atoms with Gasteiger partial charge in [-0.2, -0.15) is 5.10 Å². The quantitative estimate of drug-likeness (QED) is 0.683. The third-order valence-corrected chi connectivity index (χ3v) is 5.74. The SMILES string of the molecule is O=C(CN1CCC[C@@H]1Cn1cccn1)Nc1ncc(Cc2ccccc2)s1. The number of anilines is 1. The predicted octanol–water partition coefficient (Wildman–Crippen LogP) is 3.03. The highest BCUT2D eigenvalue weighted by atomic mass is 32.1. The standard InChI is InChI=1S/C20H23N5OS/c26-19(15-24-10-4-8-17(24)14-25-11-5-9-22-25)23-20-21-13-18(27-20)12-16-6-2-1-3-7-16/h1-3,5-7,9,11,13,17H,4,8,10,12,14-15H2,(H,21,23,26)/t17-/m1/s1. The number of hydrogen-bond donors (Lipinski definition) is 1. The Labute approximate surface area is 162 Å². The molecule has 0 aliphatic carbocycles. The topological polar surface area (TPSA) is 63.1 Å². The van der Waals surface area contributed by atoms with E-state index in [1.165, 1.54) is 5.56 Å². The minimum absolute atomic E-state index is 0.00276. The van der Waals surface area contributed by atoms with Gasteiger partial charge in [-0.15, -0.1) is 11.3 Å². The van der Waals surface area contributed by atoms with E-state index in [4.69, 9.17) is 0 Å². The first-order valence-corrected chi connectivity index (χ1v) is 10.1. The van der Waals surface area contributed by atoms with Gasteiger partial charge in [0.1, 0.15) is 0 Å². The zero-order valence-electron chi connectivity index (χ0n) is 15.1. The lowest BCUT2D eigenvalue weighted by atomic mass is 10.1. The molecule has 1 N–H and O–H groups in total. The van der Waals surface area contributed by atoms with E-state index < -0.39 is 0 Å². The summed E-state index contributed by atoms with van der Waals surface area (Å²) in [5, 5.41) is 7.91. The number of rotatable bonds is 7. The van der Waals surface area contributed by atoms with Gasteiger partial charge in [-0.3, -0.25) is 14.4 Å². The minimum atomic E-state index is 0.00276. The van der Waals surface area contributed by atoms with Crippen LogP contribution in [-0.4, -0.2) is 44.7 Å². The average Bonchev–Trinajstić information content (AvgIpc) is 3.41. The normalized spacial score (nSPS) is 17.3. The van der Waals surface area contributed by atoms with Crippen molar-refractivity contribution in [2.75, 3.05) is 18.4 Å². The van der Waals surface area contributed by atoms with E-state index in [-0.39, 0.29) is 5.91 Å². The Morgan fingerprint density at radius 2 is 2.15 bits per heavy atom. The molecule has 0 unspecified atom stereocenters. The highest BCUT2D eigenvalue weighted by Gasteiger charge is 2.26. The van der Waals surface area contributed by atoms with Crippen LogP contribution >= 0.6 is 11.3 Å². The third-order valence-electron chi connectivity index (χ3n) is 4.82. The van der Waals surface area contributed by atoms with Gasteiger partial charge in [0.15, 0.2) is 5.13 Å². The molecule has 3 aromatic rings. The molecule has 0 radical (unpaired) electrons. The molecular weight excluding hydrogens is 358 g/mol. The molecule has 3 heterocycles. The number of likely N-dealkylation sites (tertiary alicyclic amines) is 1. The average molecular weight is 382 g/mol. The van der Waals surface area contributed by atoms with E-state index in [0.717, 1.165) is 37.2 Å². The largest absolute Gasteiger partial charge is 0.301 e. The van der Waals surface area contributed by atoms with Crippen LogP contribution in [0.15, 0.2) is 55.0 Å². The highest BCUT2D eigenvalue weighted by Crippen LogP contribution is 2.22. The summed E-state index contributed by atoms with van der Waals surface area (Å²) in [6, 6.07) is 12.6. The summed E-state index contributed by atoms with van der Waals surface area (Å²) in [6.45, 7) is 2.19. The minimum Gasteiger partial charge on any atom is -0.301 e. The number of carbonyl (C=O) groups is 1. The fourth-order valence-corrected chi connectivity index (χ4v) is 4.38. The van der Waals surface area contributed by atoms with Gasteiger partial charge in [-0.25, -0.2) is 4.98 Å². The van der Waals surface area contributed by atoms with Gasteiger partial charge in [0, 0.05) is 35.9 Å². The van der Waals surface area contributed by atoms with Gasteiger partial charge in [0.2, 0.25) is 5.91 Å². The van der Waals surface area contributed by atoms with Crippen molar-refractivity contribution in [3.63, 3.8) is 0 Å². The predicted molar refractivity (Wildman–Crippen MR) is 107 cm³/mol. The van der Waals surface area contributed by atoms with Crippen LogP contribution in [0.3, 0.4) is 0 Å². The van der Waals surface area contributed by atoms with E-state index in [1.807, 2.05) is 41.3 Å². The Morgan fingerprint density at radius 1 is 1.26 bits per heavy atom. The number of amides is 1. The van der Waals surface area contributed by atoms with Crippen molar-refractivity contribution in [3.05, 3.63) is 65.4 Å². The van der Waals surface area contributed by atoms with Gasteiger partial charge in [0.05, 0.1) is 13.1 Å². The molecule has 4 rings (SSSR count). The molecule has 27 heavy (non-hydrogen) atoms. The van der Waals surface area contributed by atoms with Gasteiger partial charge >= 0.3 is 0 Å². The van der Waals surface area contributed by atoms with Crippen molar-refractivity contribution in [1.29, 1.82) is 0 Å². The molecule has 1 aliphatic heterocycles.